The van der Waals surface area contributed by atoms with E-state index in [1.165, 1.54) is 12.1 Å². The summed E-state index contributed by atoms with van der Waals surface area (Å²) in [6.45, 7) is 1.99. The van der Waals surface area contributed by atoms with Gasteiger partial charge in [0.15, 0.2) is 0 Å². The van der Waals surface area contributed by atoms with Gasteiger partial charge in [0.2, 0.25) is 0 Å². The molecule has 0 spiro atoms. The van der Waals surface area contributed by atoms with Crippen molar-refractivity contribution in [1.82, 2.24) is 5.43 Å². The molecule has 90 valence electrons. The number of benzene rings is 1. The molecule has 0 saturated heterocycles. The summed E-state index contributed by atoms with van der Waals surface area (Å²) in [5, 5.41) is 2.48. The number of aryl methyl sites for hydroxylation is 1. The van der Waals surface area contributed by atoms with Gasteiger partial charge in [-0.15, -0.1) is 11.3 Å². The first-order valence-electron chi connectivity index (χ1n) is 5.08. The molecule has 1 unspecified atom stereocenters. The third-order valence-electron chi connectivity index (χ3n) is 2.60. The smallest absolute Gasteiger partial charge is 0.123 e. The summed E-state index contributed by atoms with van der Waals surface area (Å²) in [4.78, 5) is 1.04. The van der Waals surface area contributed by atoms with Gasteiger partial charge in [-0.25, -0.2) is 9.82 Å². The minimum absolute atomic E-state index is 0.279. The molecule has 3 N–H and O–H groups in total. The van der Waals surface area contributed by atoms with E-state index in [0.29, 0.717) is 10.6 Å². The minimum atomic E-state index is -0.321. The quantitative estimate of drug-likeness (QED) is 0.663. The second-order valence-corrected chi connectivity index (χ2v) is 5.09. The van der Waals surface area contributed by atoms with E-state index in [2.05, 4.69) is 5.43 Å². The van der Waals surface area contributed by atoms with Crippen LogP contribution < -0.4 is 11.3 Å². The zero-order valence-corrected chi connectivity index (χ0v) is 10.8. The highest BCUT2D eigenvalue weighted by atomic mass is 35.5. The van der Waals surface area contributed by atoms with Crippen molar-refractivity contribution < 1.29 is 4.39 Å². The van der Waals surface area contributed by atoms with Gasteiger partial charge in [0.05, 0.1) is 6.04 Å². The van der Waals surface area contributed by atoms with Crippen LogP contribution in [0.4, 0.5) is 4.39 Å². The minimum Gasteiger partial charge on any atom is -0.271 e. The Hall–Kier alpha value is -0.940. The van der Waals surface area contributed by atoms with Crippen molar-refractivity contribution in [2.24, 2.45) is 5.84 Å². The number of rotatable bonds is 3. The van der Waals surface area contributed by atoms with Gasteiger partial charge in [-0.3, -0.25) is 5.84 Å². The fourth-order valence-electron chi connectivity index (χ4n) is 1.72. The molecule has 0 saturated carbocycles. The van der Waals surface area contributed by atoms with Gasteiger partial charge in [-0.1, -0.05) is 11.6 Å². The molecule has 1 aromatic carbocycles. The highest BCUT2D eigenvalue weighted by molar-refractivity contribution is 7.10. The van der Waals surface area contributed by atoms with E-state index in [1.807, 2.05) is 18.4 Å². The van der Waals surface area contributed by atoms with Crippen molar-refractivity contribution in [3.63, 3.8) is 0 Å². The molecule has 0 fully saturated rings. The van der Waals surface area contributed by atoms with Crippen molar-refractivity contribution in [3.05, 3.63) is 56.5 Å². The average Bonchev–Trinajstić information content (AvgIpc) is 2.71. The van der Waals surface area contributed by atoms with E-state index in [0.717, 1.165) is 10.4 Å². The van der Waals surface area contributed by atoms with Crippen molar-refractivity contribution in [2.75, 3.05) is 0 Å². The Bertz CT molecular complexity index is 527. The zero-order chi connectivity index (χ0) is 12.4. The van der Waals surface area contributed by atoms with Gasteiger partial charge >= 0.3 is 0 Å². The number of halogens is 2. The molecule has 1 aromatic heterocycles. The number of hydrogen-bond acceptors (Lipinski definition) is 3. The Morgan fingerprint density at radius 3 is 2.76 bits per heavy atom. The topological polar surface area (TPSA) is 38.0 Å². The monoisotopic (exact) mass is 270 g/mol. The molecule has 2 aromatic rings. The van der Waals surface area contributed by atoms with E-state index in [1.54, 1.807) is 17.4 Å². The lowest BCUT2D eigenvalue weighted by atomic mass is 10.0. The van der Waals surface area contributed by atoms with Crippen LogP contribution in [0.3, 0.4) is 0 Å². The SMILES string of the molecule is Cc1ccsc1C(NN)c1cc(F)ccc1Cl. The van der Waals surface area contributed by atoms with Gasteiger partial charge in [0.25, 0.3) is 0 Å². The molecule has 5 heteroatoms. The third kappa shape index (κ3) is 2.50. The van der Waals surface area contributed by atoms with Crippen LogP contribution in [0.5, 0.6) is 0 Å². The van der Waals surface area contributed by atoms with Gasteiger partial charge < -0.3 is 0 Å². The molecule has 0 radical (unpaired) electrons. The second-order valence-electron chi connectivity index (χ2n) is 3.73. The molecular formula is C12H12ClFN2S. The Labute approximate surface area is 108 Å². The van der Waals surface area contributed by atoms with Crippen LogP contribution in [-0.2, 0) is 0 Å². The van der Waals surface area contributed by atoms with E-state index in [-0.39, 0.29) is 11.9 Å². The maximum atomic E-state index is 13.3. The van der Waals surface area contributed by atoms with Crippen LogP contribution in [0.2, 0.25) is 5.02 Å². The van der Waals surface area contributed by atoms with Crippen molar-refractivity contribution in [3.8, 4) is 0 Å². The van der Waals surface area contributed by atoms with Gasteiger partial charge in [0.1, 0.15) is 5.82 Å². The van der Waals surface area contributed by atoms with E-state index in [9.17, 15) is 4.39 Å². The van der Waals surface area contributed by atoms with E-state index in [4.69, 9.17) is 17.4 Å². The second kappa shape index (κ2) is 5.14. The number of nitrogens with one attached hydrogen (secondary N) is 1. The van der Waals surface area contributed by atoms with Crippen LogP contribution in [0.1, 0.15) is 22.0 Å². The lowest BCUT2D eigenvalue weighted by Gasteiger charge is -2.17. The zero-order valence-electron chi connectivity index (χ0n) is 9.21. The summed E-state index contributed by atoms with van der Waals surface area (Å²) in [6.07, 6.45) is 0. The van der Waals surface area contributed by atoms with Crippen LogP contribution in [0.15, 0.2) is 29.6 Å². The molecule has 2 rings (SSSR count). The molecule has 0 amide bonds. The Morgan fingerprint density at radius 2 is 2.18 bits per heavy atom. The molecule has 0 aliphatic heterocycles. The number of hydrazine groups is 1. The molecule has 0 aliphatic rings. The summed E-state index contributed by atoms with van der Waals surface area (Å²) in [6, 6.07) is 6.00. The highest BCUT2D eigenvalue weighted by Crippen LogP contribution is 2.33. The van der Waals surface area contributed by atoms with E-state index < -0.39 is 0 Å². The van der Waals surface area contributed by atoms with E-state index >= 15 is 0 Å². The Kier molecular flexibility index (Phi) is 3.79. The molecule has 2 nitrogen and oxygen atoms in total. The van der Waals surface area contributed by atoms with Crippen molar-refractivity contribution >= 4 is 22.9 Å². The molecular weight excluding hydrogens is 259 g/mol. The third-order valence-corrected chi connectivity index (χ3v) is 4.03. The maximum absolute atomic E-state index is 13.3. The number of nitrogens with two attached hydrogens (primary N) is 1. The molecule has 1 heterocycles. The maximum Gasteiger partial charge on any atom is 0.123 e. The summed E-state index contributed by atoms with van der Waals surface area (Å²) in [5.74, 6) is 5.24. The number of hydrogen-bond donors (Lipinski definition) is 2. The lowest BCUT2D eigenvalue weighted by molar-refractivity contribution is 0.608. The summed E-state index contributed by atoms with van der Waals surface area (Å²) in [5.41, 5.74) is 4.45. The molecule has 1 atom stereocenters. The van der Waals surface area contributed by atoms with Gasteiger partial charge in [-0.2, -0.15) is 0 Å². The first kappa shape index (κ1) is 12.5. The molecule has 0 bridgehead atoms. The Balaban J connectivity index is 2.49. The van der Waals surface area contributed by atoms with Gasteiger partial charge in [0, 0.05) is 9.90 Å². The first-order chi connectivity index (χ1) is 8.13. The summed E-state index contributed by atoms with van der Waals surface area (Å²) < 4.78 is 13.3. The lowest BCUT2D eigenvalue weighted by Crippen LogP contribution is -2.29. The van der Waals surface area contributed by atoms with Crippen LogP contribution >= 0.6 is 22.9 Å². The van der Waals surface area contributed by atoms with Crippen LogP contribution in [-0.4, -0.2) is 0 Å². The van der Waals surface area contributed by atoms with Gasteiger partial charge in [-0.05, 0) is 47.7 Å². The van der Waals surface area contributed by atoms with Crippen LogP contribution in [0, 0.1) is 12.7 Å². The molecule has 17 heavy (non-hydrogen) atoms. The Morgan fingerprint density at radius 1 is 1.41 bits per heavy atom. The normalized spacial score (nSPS) is 12.7. The predicted molar refractivity (Wildman–Crippen MR) is 69.6 cm³/mol. The highest BCUT2D eigenvalue weighted by Gasteiger charge is 2.19. The molecule has 0 aliphatic carbocycles. The summed E-state index contributed by atoms with van der Waals surface area (Å²) >= 11 is 7.65. The largest absolute Gasteiger partial charge is 0.271 e. The standard InChI is InChI=1S/C12H12ClFN2S/c1-7-4-5-17-12(7)11(16-15)9-6-8(14)2-3-10(9)13/h2-6,11,16H,15H2,1H3. The fourth-order valence-corrected chi connectivity index (χ4v) is 2.95. The fraction of sp³-hybridized carbons (Fsp3) is 0.167. The van der Waals surface area contributed by atoms with Crippen molar-refractivity contribution in [2.45, 2.75) is 13.0 Å². The number of thiophene rings is 1. The van der Waals surface area contributed by atoms with Crippen molar-refractivity contribution in [1.29, 1.82) is 0 Å². The average molecular weight is 271 g/mol. The summed E-state index contributed by atoms with van der Waals surface area (Å²) in [7, 11) is 0. The predicted octanol–water partition coefficient (Wildman–Crippen LogP) is 3.40. The van der Waals surface area contributed by atoms with Crippen LogP contribution in [0.25, 0.3) is 0 Å². The first-order valence-corrected chi connectivity index (χ1v) is 6.34.